The molecule has 0 aliphatic carbocycles. The van der Waals surface area contributed by atoms with Crippen LogP contribution in [0.25, 0.3) is 0 Å². The topological polar surface area (TPSA) is 90.0 Å². The first-order valence-corrected chi connectivity index (χ1v) is 7.39. The molecule has 2 aromatic carbocycles. The van der Waals surface area contributed by atoms with Crippen LogP contribution in [0.15, 0.2) is 67.0 Å². The molecule has 24 heavy (non-hydrogen) atoms. The number of nitrogens with one attached hydrogen (secondary N) is 1. The summed E-state index contributed by atoms with van der Waals surface area (Å²) in [6.45, 7) is 0.599. The van der Waals surface area contributed by atoms with E-state index < -0.39 is 5.91 Å². The van der Waals surface area contributed by atoms with Crippen molar-refractivity contribution in [3.63, 3.8) is 0 Å². The van der Waals surface area contributed by atoms with Crippen LogP contribution in [0.5, 0.6) is 0 Å². The number of benzene rings is 2. The number of carbonyl (C=O) groups excluding carboxylic acids is 2. The zero-order valence-electron chi connectivity index (χ0n) is 12.8. The van der Waals surface area contributed by atoms with E-state index in [2.05, 4.69) is 10.4 Å². The Morgan fingerprint density at radius 1 is 1.00 bits per heavy atom. The SMILES string of the molecule is NC(=O)c1ccc(NC(=O)c2cnn(Cc3ccccc3)c2)cc1. The molecule has 0 atom stereocenters. The van der Waals surface area contributed by atoms with Gasteiger partial charge < -0.3 is 11.1 Å². The molecular weight excluding hydrogens is 304 g/mol. The minimum absolute atomic E-state index is 0.263. The molecule has 0 radical (unpaired) electrons. The van der Waals surface area contributed by atoms with Gasteiger partial charge in [-0.25, -0.2) is 0 Å². The van der Waals surface area contributed by atoms with E-state index >= 15 is 0 Å². The summed E-state index contributed by atoms with van der Waals surface area (Å²) in [5.74, 6) is -0.767. The highest BCUT2D eigenvalue weighted by Crippen LogP contribution is 2.11. The molecule has 0 aliphatic heterocycles. The third-order valence-electron chi connectivity index (χ3n) is 3.51. The van der Waals surface area contributed by atoms with Crippen LogP contribution in [0, 0.1) is 0 Å². The van der Waals surface area contributed by atoms with Crippen molar-refractivity contribution in [1.29, 1.82) is 0 Å². The molecule has 0 saturated heterocycles. The van der Waals surface area contributed by atoms with Gasteiger partial charge in [0.1, 0.15) is 0 Å². The van der Waals surface area contributed by atoms with Crippen molar-refractivity contribution in [3.8, 4) is 0 Å². The van der Waals surface area contributed by atoms with Gasteiger partial charge in [0.25, 0.3) is 5.91 Å². The Morgan fingerprint density at radius 3 is 2.38 bits per heavy atom. The summed E-state index contributed by atoms with van der Waals surface area (Å²) in [6, 6.07) is 16.3. The molecule has 3 N–H and O–H groups in total. The third-order valence-corrected chi connectivity index (χ3v) is 3.51. The van der Waals surface area contributed by atoms with Gasteiger partial charge in [0, 0.05) is 17.4 Å². The zero-order chi connectivity index (χ0) is 16.9. The van der Waals surface area contributed by atoms with Crippen LogP contribution in [0.1, 0.15) is 26.3 Å². The fourth-order valence-corrected chi connectivity index (χ4v) is 2.26. The quantitative estimate of drug-likeness (QED) is 0.755. The van der Waals surface area contributed by atoms with Crippen molar-refractivity contribution in [2.75, 3.05) is 5.32 Å². The number of hydrogen-bond acceptors (Lipinski definition) is 3. The number of amides is 2. The molecule has 0 spiro atoms. The Morgan fingerprint density at radius 2 is 1.71 bits per heavy atom. The first kappa shape index (κ1) is 15.5. The maximum Gasteiger partial charge on any atom is 0.258 e. The van der Waals surface area contributed by atoms with Crippen LogP contribution in [0.2, 0.25) is 0 Å². The molecule has 3 rings (SSSR count). The largest absolute Gasteiger partial charge is 0.366 e. The highest BCUT2D eigenvalue weighted by Gasteiger charge is 2.10. The predicted molar refractivity (Wildman–Crippen MR) is 90.7 cm³/mol. The second kappa shape index (κ2) is 6.78. The van der Waals surface area contributed by atoms with E-state index in [0.717, 1.165) is 5.56 Å². The lowest BCUT2D eigenvalue weighted by Gasteiger charge is -2.04. The average molecular weight is 320 g/mol. The van der Waals surface area contributed by atoms with Crippen molar-refractivity contribution < 1.29 is 9.59 Å². The number of hydrogen-bond donors (Lipinski definition) is 2. The Kier molecular flexibility index (Phi) is 4.38. The van der Waals surface area contributed by atoms with Crippen molar-refractivity contribution in [1.82, 2.24) is 9.78 Å². The summed E-state index contributed by atoms with van der Waals surface area (Å²) in [5.41, 5.74) is 7.73. The molecule has 0 fully saturated rings. The summed E-state index contributed by atoms with van der Waals surface area (Å²) in [4.78, 5) is 23.3. The second-order valence-corrected chi connectivity index (χ2v) is 5.31. The summed E-state index contributed by atoms with van der Waals surface area (Å²) in [7, 11) is 0. The van der Waals surface area contributed by atoms with Gasteiger partial charge in [-0.15, -0.1) is 0 Å². The van der Waals surface area contributed by atoms with Gasteiger partial charge in [-0.3, -0.25) is 14.3 Å². The molecule has 0 aliphatic rings. The van der Waals surface area contributed by atoms with E-state index in [4.69, 9.17) is 5.73 Å². The minimum atomic E-state index is -0.505. The van der Waals surface area contributed by atoms with E-state index in [1.54, 1.807) is 35.1 Å². The Hall–Kier alpha value is -3.41. The number of nitrogens with two attached hydrogens (primary N) is 1. The number of rotatable bonds is 5. The Balaban J connectivity index is 1.66. The summed E-state index contributed by atoms with van der Waals surface area (Å²) >= 11 is 0. The lowest BCUT2D eigenvalue weighted by atomic mass is 10.2. The monoisotopic (exact) mass is 320 g/mol. The van der Waals surface area contributed by atoms with E-state index in [1.165, 1.54) is 6.20 Å². The van der Waals surface area contributed by atoms with Crippen molar-refractivity contribution in [3.05, 3.63) is 83.7 Å². The average Bonchev–Trinajstić information content (AvgIpc) is 3.05. The van der Waals surface area contributed by atoms with Crippen LogP contribution < -0.4 is 11.1 Å². The van der Waals surface area contributed by atoms with E-state index in [9.17, 15) is 9.59 Å². The van der Waals surface area contributed by atoms with E-state index in [1.807, 2.05) is 30.3 Å². The number of anilines is 1. The molecule has 6 nitrogen and oxygen atoms in total. The van der Waals surface area contributed by atoms with Gasteiger partial charge in [-0.2, -0.15) is 5.10 Å². The first-order valence-electron chi connectivity index (χ1n) is 7.39. The fourth-order valence-electron chi connectivity index (χ4n) is 2.26. The molecule has 120 valence electrons. The summed E-state index contributed by atoms with van der Waals surface area (Å²) in [5, 5.41) is 6.96. The number of nitrogens with zero attached hydrogens (tertiary/aromatic N) is 2. The van der Waals surface area contributed by atoms with Gasteiger partial charge in [0.2, 0.25) is 5.91 Å². The molecule has 1 heterocycles. The fraction of sp³-hybridized carbons (Fsp3) is 0.0556. The lowest BCUT2D eigenvalue weighted by Crippen LogP contribution is -2.13. The van der Waals surface area contributed by atoms with Crippen LogP contribution in [-0.2, 0) is 6.54 Å². The number of primary amides is 1. The smallest absolute Gasteiger partial charge is 0.258 e. The molecule has 0 saturated carbocycles. The van der Waals surface area contributed by atoms with Crippen LogP contribution in [0.3, 0.4) is 0 Å². The molecule has 0 unspecified atom stereocenters. The number of carbonyl (C=O) groups is 2. The normalized spacial score (nSPS) is 10.3. The van der Waals surface area contributed by atoms with Gasteiger partial charge in [0.05, 0.1) is 18.3 Å². The maximum absolute atomic E-state index is 12.2. The van der Waals surface area contributed by atoms with Gasteiger partial charge in [-0.1, -0.05) is 30.3 Å². The summed E-state index contributed by atoms with van der Waals surface area (Å²) in [6.07, 6.45) is 3.22. The summed E-state index contributed by atoms with van der Waals surface area (Å²) < 4.78 is 1.71. The standard InChI is InChI=1S/C18H16N4O2/c19-17(23)14-6-8-16(9-7-14)21-18(24)15-10-20-22(12-15)11-13-4-2-1-3-5-13/h1-10,12H,11H2,(H2,19,23)(H,21,24). The van der Waals surface area contributed by atoms with Crippen LogP contribution >= 0.6 is 0 Å². The third kappa shape index (κ3) is 3.67. The van der Waals surface area contributed by atoms with Crippen molar-refractivity contribution in [2.45, 2.75) is 6.54 Å². The lowest BCUT2D eigenvalue weighted by molar-refractivity contribution is 0.0998. The molecule has 3 aromatic rings. The van der Waals surface area contributed by atoms with E-state index in [0.29, 0.717) is 23.4 Å². The Labute approximate surface area is 138 Å². The molecule has 1 aromatic heterocycles. The van der Waals surface area contributed by atoms with Gasteiger partial charge >= 0.3 is 0 Å². The zero-order valence-corrected chi connectivity index (χ0v) is 12.8. The minimum Gasteiger partial charge on any atom is -0.366 e. The molecular formula is C18H16N4O2. The molecule has 6 heteroatoms. The highest BCUT2D eigenvalue weighted by atomic mass is 16.2. The molecule has 0 bridgehead atoms. The van der Waals surface area contributed by atoms with Gasteiger partial charge in [-0.05, 0) is 29.8 Å². The van der Waals surface area contributed by atoms with Crippen LogP contribution in [-0.4, -0.2) is 21.6 Å². The van der Waals surface area contributed by atoms with Crippen molar-refractivity contribution >= 4 is 17.5 Å². The first-order chi connectivity index (χ1) is 11.6. The number of aromatic nitrogens is 2. The maximum atomic E-state index is 12.2. The van der Waals surface area contributed by atoms with Gasteiger partial charge in [0.15, 0.2) is 0 Å². The Bertz CT molecular complexity index is 854. The van der Waals surface area contributed by atoms with E-state index in [-0.39, 0.29) is 5.91 Å². The van der Waals surface area contributed by atoms with Crippen molar-refractivity contribution in [2.24, 2.45) is 5.73 Å². The van der Waals surface area contributed by atoms with Crippen LogP contribution in [0.4, 0.5) is 5.69 Å². The highest BCUT2D eigenvalue weighted by molar-refractivity contribution is 6.04. The predicted octanol–water partition coefficient (Wildman–Crippen LogP) is 2.28. The molecule has 2 amide bonds. The second-order valence-electron chi connectivity index (χ2n) is 5.31.